The largest absolute Gasteiger partial charge is 0.382 e. The van der Waals surface area contributed by atoms with E-state index in [0.717, 1.165) is 16.8 Å². The lowest BCUT2D eigenvalue weighted by molar-refractivity contribution is 0.214. The zero-order valence-electron chi connectivity index (χ0n) is 11.3. The van der Waals surface area contributed by atoms with Gasteiger partial charge in [-0.05, 0) is 30.7 Å². The van der Waals surface area contributed by atoms with E-state index in [1.165, 1.54) is 0 Å². The highest BCUT2D eigenvalue weighted by Crippen LogP contribution is 2.21. The summed E-state index contributed by atoms with van der Waals surface area (Å²) in [5, 5.41) is 14.9. The molecule has 0 aliphatic rings. The van der Waals surface area contributed by atoms with Gasteiger partial charge in [0.1, 0.15) is 6.10 Å². The highest BCUT2D eigenvalue weighted by molar-refractivity contribution is 5.33. The lowest BCUT2D eigenvalue weighted by Crippen LogP contribution is -2.02. The monoisotopic (exact) mass is 264 g/mol. The van der Waals surface area contributed by atoms with Crippen LogP contribution in [0.15, 0.2) is 66.9 Å². The number of para-hydroxylation sites is 1. The van der Waals surface area contributed by atoms with E-state index >= 15 is 0 Å². The van der Waals surface area contributed by atoms with Crippen molar-refractivity contribution < 1.29 is 5.11 Å². The van der Waals surface area contributed by atoms with Crippen LogP contribution in [-0.2, 0) is 0 Å². The number of aromatic nitrogens is 2. The number of nitrogens with zero attached hydrogens (tertiary/aromatic N) is 2. The number of aryl methyl sites for hydroxylation is 1. The molecule has 0 bridgehead atoms. The summed E-state index contributed by atoms with van der Waals surface area (Å²) in [4.78, 5) is 0. The quantitative estimate of drug-likeness (QED) is 0.788. The maximum absolute atomic E-state index is 10.4. The van der Waals surface area contributed by atoms with Gasteiger partial charge in [-0.2, -0.15) is 5.10 Å². The Balaban J connectivity index is 1.90. The highest BCUT2D eigenvalue weighted by Gasteiger charge is 2.13. The fourth-order valence-corrected chi connectivity index (χ4v) is 2.22. The summed E-state index contributed by atoms with van der Waals surface area (Å²) in [6, 6.07) is 19.6. The van der Waals surface area contributed by atoms with Crippen LogP contribution in [0.2, 0.25) is 0 Å². The van der Waals surface area contributed by atoms with Gasteiger partial charge in [-0.25, -0.2) is 4.68 Å². The Bertz CT molecular complexity index is 704. The average molecular weight is 264 g/mol. The van der Waals surface area contributed by atoms with Crippen LogP contribution in [0, 0.1) is 6.92 Å². The average Bonchev–Trinajstić information content (AvgIpc) is 2.97. The first-order valence-corrected chi connectivity index (χ1v) is 6.60. The molecule has 0 saturated carbocycles. The molecule has 3 nitrogen and oxygen atoms in total. The third-order valence-corrected chi connectivity index (χ3v) is 3.27. The van der Waals surface area contributed by atoms with E-state index in [-0.39, 0.29) is 0 Å². The summed E-state index contributed by atoms with van der Waals surface area (Å²) in [6.07, 6.45) is 1.17. The normalized spacial score (nSPS) is 12.3. The Morgan fingerprint density at radius 2 is 1.80 bits per heavy atom. The molecule has 0 saturated heterocycles. The van der Waals surface area contributed by atoms with Crippen molar-refractivity contribution in [3.8, 4) is 5.69 Å². The standard InChI is InChI=1S/C17H16N2O/c1-13-6-5-7-14(12-13)17(20)16-10-11-19(18-16)15-8-3-2-4-9-15/h2-12,17,20H,1H3. The number of benzene rings is 2. The Morgan fingerprint density at radius 1 is 1.00 bits per heavy atom. The summed E-state index contributed by atoms with van der Waals surface area (Å²) in [6.45, 7) is 2.01. The van der Waals surface area contributed by atoms with Gasteiger partial charge in [-0.3, -0.25) is 0 Å². The van der Waals surface area contributed by atoms with Crippen molar-refractivity contribution in [2.24, 2.45) is 0 Å². The predicted octanol–water partition coefficient (Wildman–Crippen LogP) is 3.26. The predicted molar refractivity (Wildman–Crippen MR) is 78.8 cm³/mol. The molecule has 0 amide bonds. The molecule has 0 spiro atoms. The lowest BCUT2D eigenvalue weighted by Gasteiger charge is -2.09. The van der Waals surface area contributed by atoms with Crippen molar-refractivity contribution in [3.05, 3.63) is 83.7 Å². The van der Waals surface area contributed by atoms with E-state index in [0.29, 0.717) is 5.69 Å². The van der Waals surface area contributed by atoms with E-state index in [2.05, 4.69) is 5.10 Å². The van der Waals surface area contributed by atoms with Crippen LogP contribution in [0.3, 0.4) is 0 Å². The molecular weight excluding hydrogens is 248 g/mol. The van der Waals surface area contributed by atoms with Crippen LogP contribution < -0.4 is 0 Å². The molecule has 1 N–H and O–H groups in total. The molecule has 2 aromatic carbocycles. The molecule has 3 heteroatoms. The third-order valence-electron chi connectivity index (χ3n) is 3.27. The zero-order valence-corrected chi connectivity index (χ0v) is 11.3. The minimum atomic E-state index is -0.695. The minimum absolute atomic E-state index is 0.652. The Hall–Kier alpha value is -2.39. The Kier molecular flexibility index (Phi) is 3.35. The second-order valence-electron chi connectivity index (χ2n) is 4.84. The fraction of sp³-hybridized carbons (Fsp3) is 0.118. The number of hydrogen-bond acceptors (Lipinski definition) is 2. The number of hydrogen-bond donors (Lipinski definition) is 1. The first-order chi connectivity index (χ1) is 9.74. The van der Waals surface area contributed by atoms with Gasteiger partial charge in [0.2, 0.25) is 0 Å². The van der Waals surface area contributed by atoms with Crippen molar-refractivity contribution in [2.45, 2.75) is 13.0 Å². The van der Waals surface area contributed by atoms with Gasteiger partial charge in [0.05, 0.1) is 11.4 Å². The van der Waals surface area contributed by atoms with Crippen LogP contribution in [0.4, 0.5) is 0 Å². The summed E-state index contributed by atoms with van der Waals surface area (Å²) in [5.74, 6) is 0. The number of rotatable bonds is 3. The summed E-state index contributed by atoms with van der Waals surface area (Å²) in [7, 11) is 0. The molecular formula is C17H16N2O. The van der Waals surface area contributed by atoms with Gasteiger partial charge in [-0.15, -0.1) is 0 Å². The highest BCUT2D eigenvalue weighted by atomic mass is 16.3. The molecule has 3 aromatic rings. The summed E-state index contributed by atoms with van der Waals surface area (Å²) in [5.41, 5.74) is 3.63. The molecule has 1 atom stereocenters. The van der Waals surface area contributed by atoms with E-state index < -0.39 is 6.10 Å². The van der Waals surface area contributed by atoms with Crippen molar-refractivity contribution in [1.82, 2.24) is 9.78 Å². The van der Waals surface area contributed by atoms with E-state index in [4.69, 9.17) is 0 Å². The second-order valence-corrected chi connectivity index (χ2v) is 4.84. The van der Waals surface area contributed by atoms with Crippen LogP contribution in [0.5, 0.6) is 0 Å². The Morgan fingerprint density at radius 3 is 2.55 bits per heavy atom. The van der Waals surface area contributed by atoms with Gasteiger partial charge in [0.25, 0.3) is 0 Å². The summed E-state index contributed by atoms with van der Waals surface area (Å²) < 4.78 is 1.77. The maximum atomic E-state index is 10.4. The minimum Gasteiger partial charge on any atom is -0.382 e. The SMILES string of the molecule is Cc1cccc(C(O)c2ccn(-c3ccccc3)n2)c1. The number of aliphatic hydroxyl groups excluding tert-OH is 1. The topological polar surface area (TPSA) is 38.0 Å². The molecule has 0 radical (unpaired) electrons. The van der Waals surface area contributed by atoms with E-state index in [1.54, 1.807) is 4.68 Å². The fourth-order valence-electron chi connectivity index (χ4n) is 2.22. The van der Waals surface area contributed by atoms with E-state index in [1.807, 2.05) is 73.8 Å². The van der Waals surface area contributed by atoms with Crippen LogP contribution in [0.25, 0.3) is 5.69 Å². The number of aliphatic hydroxyl groups is 1. The van der Waals surface area contributed by atoms with Crippen molar-refractivity contribution in [3.63, 3.8) is 0 Å². The second kappa shape index (κ2) is 5.31. The van der Waals surface area contributed by atoms with Gasteiger partial charge < -0.3 is 5.11 Å². The van der Waals surface area contributed by atoms with Crippen LogP contribution in [-0.4, -0.2) is 14.9 Å². The van der Waals surface area contributed by atoms with Gasteiger partial charge >= 0.3 is 0 Å². The molecule has 3 rings (SSSR count). The molecule has 0 aliphatic heterocycles. The van der Waals surface area contributed by atoms with Gasteiger partial charge in [0.15, 0.2) is 0 Å². The molecule has 1 heterocycles. The first-order valence-electron chi connectivity index (χ1n) is 6.60. The first kappa shape index (κ1) is 12.6. The van der Waals surface area contributed by atoms with Crippen molar-refractivity contribution >= 4 is 0 Å². The molecule has 0 fully saturated rings. The Labute approximate surface area is 118 Å². The summed E-state index contributed by atoms with van der Waals surface area (Å²) >= 11 is 0. The molecule has 1 aromatic heterocycles. The van der Waals surface area contributed by atoms with E-state index in [9.17, 15) is 5.11 Å². The zero-order chi connectivity index (χ0) is 13.9. The molecule has 1 unspecified atom stereocenters. The maximum Gasteiger partial charge on any atom is 0.123 e. The smallest absolute Gasteiger partial charge is 0.123 e. The van der Waals surface area contributed by atoms with Crippen LogP contribution >= 0.6 is 0 Å². The van der Waals surface area contributed by atoms with Gasteiger partial charge in [-0.1, -0.05) is 48.0 Å². The third kappa shape index (κ3) is 2.49. The molecule has 0 aliphatic carbocycles. The lowest BCUT2D eigenvalue weighted by atomic mass is 10.0. The van der Waals surface area contributed by atoms with Crippen molar-refractivity contribution in [2.75, 3.05) is 0 Å². The molecule has 20 heavy (non-hydrogen) atoms. The molecule has 100 valence electrons. The van der Waals surface area contributed by atoms with Crippen molar-refractivity contribution in [1.29, 1.82) is 0 Å². The van der Waals surface area contributed by atoms with Crippen LogP contribution in [0.1, 0.15) is 22.9 Å². The van der Waals surface area contributed by atoms with Gasteiger partial charge in [0, 0.05) is 6.20 Å².